The van der Waals surface area contributed by atoms with Crippen LogP contribution in [0.25, 0.3) is 21.6 Å². The number of fused-ring (bicyclic) bond motifs is 1. The second-order valence-corrected chi connectivity index (χ2v) is 7.39. The van der Waals surface area contributed by atoms with Gasteiger partial charge in [0.1, 0.15) is 10.6 Å². The molecule has 1 fully saturated rings. The maximum absolute atomic E-state index is 11.6. The number of hydrogen-bond donors (Lipinski definition) is 1. The van der Waals surface area contributed by atoms with E-state index in [0.717, 1.165) is 39.6 Å². The molecule has 3 aromatic rings. The molecule has 8 heteroatoms. The molecule has 0 radical (unpaired) electrons. The summed E-state index contributed by atoms with van der Waals surface area (Å²) in [4.78, 5) is 29.6. The average Bonchev–Trinajstić information content (AvgIpc) is 3.15. The van der Waals surface area contributed by atoms with E-state index in [1.165, 1.54) is 0 Å². The van der Waals surface area contributed by atoms with Gasteiger partial charge in [0.25, 0.3) is 0 Å². The zero-order chi connectivity index (χ0) is 18.6. The lowest BCUT2D eigenvalue weighted by atomic mass is 10.2. The molecular weight excluding hydrogens is 362 g/mol. The van der Waals surface area contributed by atoms with E-state index in [4.69, 9.17) is 14.7 Å². The molecule has 0 aromatic carbocycles. The Kier molecular flexibility index (Phi) is 5.26. The van der Waals surface area contributed by atoms with E-state index in [2.05, 4.69) is 21.3 Å². The number of nitrogens with zero attached hydrogens (tertiary/aromatic N) is 4. The highest BCUT2D eigenvalue weighted by Gasteiger charge is 2.20. The summed E-state index contributed by atoms with van der Waals surface area (Å²) in [5, 5.41) is 3.96. The lowest BCUT2D eigenvalue weighted by molar-refractivity contribution is -0.120. The van der Waals surface area contributed by atoms with Crippen LogP contribution in [0.3, 0.4) is 0 Å². The highest BCUT2D eigenvalue weighted by molar-refractivity contribution is 7.18. The zero-order valence-electron chi connectivity index (χ0n) is 15.1. The normalized spacial score (nSPS) is 14.5. The molecule has 0 spiro atoms. The minimum Gasteiger partial charge on any atom is -0.378 e. The van der Waals surface area contributed by atoms with Crippen molar-refractivity contribution < 1.29 is 9.53 Å². The number of amides is 1. The number of pyridine rings is 1. The van der Waals surface area contributed by atoms with Crippen molar-refractivity contribution in [3.8, 4) is 11.4 Å². The lowest BCUT2D eigenvalue weighted by Crippen LogP contribution is -2.37. The number of ether oxygens (including phenoxy) is 1. The Morgan fingerprint density at radius 3 is 2.93 bits per heavy atom. The minimum atomic E-state index is 0.0444. The third-order valence-electron chi connectivity index (χ3n) is 4.43. The van der Waals surface area contributed by atoms with Gasteiger partial charge >= 0.3 is 0 Å². The van der Waals surface area contributed by atoms with E-state index in [0.29, 0.717) is 32.0 Å². The predicted octanol–water partition coefficient (Wildman–Crippen LogP) is 2.62. The largest absolute Gasteiger partial charge is 0.378 e. The van der Waals surface area contributed by atoms with Gasteiger partial charge in [0.15, 0.2) is 5.82 Å². The van der Waals surface area contributed by atoms with E-state index in [1.807, 2.05) is 19.1 Å². The predicted molar refractivity (Wildman–Crippen MR) is 106 cm³/mol. The van der Waals surface area contributed by atoms with Crippen molar-refractivity contribution in [1.29, 1.82) is 0 Å². The van der Waals surface area contributed by atoms with Crippen molar-refractivity contribution in [2.75, 3.05) is 31.2 Å². The first kappa shape index (κ1) is 17.8. The topological polar surface area (TPSA) is 80.2 Å². The van der Waals surface area contributed by atoms with E-state index in [1.54, 1.807) is 23.7 Å². The molecule has 1 N–H and O–H groups in total. The molecule has 3 aromatic heterocycles. The molecule has 0 aliphatic carbocycles. The van der Waals surface area contributed by atoms with Crippen LogP contribution in [0.4, 0.5) is 5.82 Å². The molecule has 1 saturated heterocycles. The van der Waals surface area contributed by atoms with E-state index >= 15 is 0 Å². The molecular formula is C19H21N5O2S. The number of morpholine rings is 1. The Morgan fingerprint density at radius 2 is 2.19 bits per heavy atom. The quantitative estimate of drug-likeness (QED) is 0.730. The molecule has 0 unspecified atom stereocenters. The molecule has 0 atom stereocenters. The number of rotatable bonds is 5. The van der Waals surface area contributed by atoms with Gasteiger partial charge in [0.05, 0.1) is 25.1 Å². The fraction of sp³-hybridized carbons (Fsp3) is 0.368. The van der Waals surface area contributed by atoms with Crippen molar-refractivity contribution >= 4 is 33.3 Å². The van der Waals surface area contributed by atoms with Crippen LogP contribution >= 0.6 is 11.3 Å². The van der Waals surface area contributed by atoms with Crippen LogP contribution in [-0.4, -0.2) is 47.2 Å². The molecule has 1 aliphatic heterocycles. The van der Waals surface area contributed by atoms with E-state index in [9.17, 15) is 4.79 Å². The van der Waals surface area contributed by atoms with Crippen LogP contribution in [0.1, 0.15) is 18.2 Å². The number of aromatic nitrogens is 3. The van der Waals surface area contributed by atoms with Crippen LogP contribution in [0.15, 0.2) is 30.6 Å². The number of hydrogen-bond acceptors (Lipinski definition) is 7. The fourth-order valence-electron chi connectivity index (χ4n) is 2.99. The molecule has 1 aliphatic rings. The summed E-state index contributed by atoms with van der Waals surface area (Å²) in [6.45, 7) is 5.35. The highest BCUT2D eigenvalue weighted by Crippen LogP contribution is 2.33. The maximum atomic E-state index is 11.6. The molecule has 140 valence electrons. The zero-order valence-corrected chi connectivity index (χ0v) is 16.0. The highest BCUT2D eigenvalue weighted by atomic mass is 32.1. The first-order chi connectivity index (χ1) is 13.2. The average molecular weight is 383 g/mol. The molecule has 0 bridgehead atoms. The molecule has 4 heterocycles. The first-order valence-electron chi connectivity index (χ1n) is 9.05. The van der Waals surface area contributed by atoms with Crippen molar-refractivity contribution in [1.82, 2.24) is 20.3 Å². The molecule has 7 nitrogen and oxygen atoms in total. The Balaban J connectivity index is 1.76. The van der Waals surface area contributed by atoms with Crippen molar-refractivity contribution in [2.45, 2.75) is 19.9 Å². The Hall–Kier alpha value is -2.58. The van der Waals surface area contributed by atoms with Gasteiger partial charge in [0, 0.05) is 42.3 Å². The van der Waals surface area contributed by atoms with Crippen LogP contribution in [0.2, 0.25) is 0 Å². The molecule has 27 heavy (non-hydrogen) atoms. The van der Waals surface area contributed by atoms with Crippen molar-refractivity contribution in [3.63, 3.8) is 0 Å². The summed E-state index contributed by atoms with van der Waals surface area (Å²) in [6.07, 6.45) is 4.00. The second kappa shape index (κ2) is 7.98. The van der Waals surface area contributed by atoms with Crippen LogP contribution in [-0.2, 0) is 16.1 Å². The summed E-state index contributed by atoms with van der Waals surface area (Å²) in [6, 6.07) is 5.94. The molecule has 1 amide bonds. The maximum Gasteiger partial charge on any atom is 0.220 e. The Labute approximate surface area is 161 Å². The fourth-order valence-corrected chi connectivity index (χ4v) is 3.96. The Morgan fingerprint density at radius 1 is 1.33 bits per heavy atom. The van der Waals surface area contributed by atoms with Gasteiger partial charge in [-0.1, -0.05) is 6.92 Å². The van der Waals surface area contributed by atoms with E-state index in [-0.39, 0.29) is 5.91 Å². The third kappa shape index (κ3) is 3.91. The number of carbonyl (C=O) groups is 1. The van der Waals surface area contributed by atoms with Crippen LogP contribution < -0.4 is 10.2 Å². The summed E-state index contributed by atoms with van der Waals surface area (Å²) in [5.41, 5.74) is 0.892. The summed E-state index contributed by atoms with van der Waals surface area (Å²) in [7, 11) is 0. The van der Waals surface area contributed by atoms with Gasteiger partial charge in [-0.05, 0) is 18.2 Å². The van der Waals surface area contributed by atoms with Crippen LogP contribution in [0, 0.1) is 0 Å². The summed E-state index contributed by atoms with van der Waals surface area (Å²) in [5.74, 6) is 1.64. The molecule has 4 rings (SSSR count). The van der Waals surface area contributed by atoms with Gasteiger partial charge in [-0.2, -0.15) is 0 Å². The molecule has 0 saturated carbocycles. The smallest absolute Gasteiger partial charge is 0.220 e. The first-order valence-corrected chi connectivity index (χ1v) is 9.86. The SMILES string of the molecule is CCC(=O)NCc1cc2c(N3CCOCC3)nc(-c3cccnc3)nc2s1. The second-order valence-electron chi connectivity index (χ2n) is 6.27. The monoisotopic (exact) mass is 383 g/mol. The van der Waals surface area contributed by atoms with Crippen molar-refractivity contribution in [2.24, 2.45) is 0 Å². The number of anilines is 1. The minimum absolute atomic E-state index is 0.0444. The van der Waals surface area contributed by atoms with Gasteiger partial charge in [-0.15, -0.1) is 11.3 Å². The Bertz CT molecular complexity index is 938. The van der Waals surface area contributed by atoms with Gasteiger partial charge in [-0.25, -0.2) is 9.97 Å². The number of carbonyl (C=O) groups excluding carboxylic acids is 1. The van der Waals surface area contributed by atoms with Crippen LogP contribution in [0.5, 0.6) is 0 Å². The lowest BCUT2D eigenvalue weighted by Gasteiger charge is -2.28. The third-order valence-corrected chi connectivity index (χ3v) is 5.46. The standard InChI is InChI=1S/C19H21N5O2S/c1-2-16(25)21-12-14-10-15-18(24-6-8-26-9-7-24)22-17(23-19(15)27-14)13-4-3-5-20-11-13/h3-5,10-11H,2,6-9,12H2,1H3,(H,21,25). The summed E-state index contributed by atoms with van der Waals surface area (Å²) < 4.78 is 5.49. The number of nitrogens with one attached hydrogen (secondary N) is 1. The summed E-state index contributed by atoms with van der Waals surface area (Å²) >= 11 is 1.59. The number of thiophene rings is 1. The van der Waals surface area contributed by atoms with Gasteiger partial charge < -0.3 is 15.0 Å². The van der Waals surface area contributed by atoms with Gasteiger partial charge in [-0.3, -0.25) is 9.78 Å². The van der Waals surface area contributed by atoms with Crippen molar-refractivity contribution in [3.05, 3.63) is 35.5 Å². The van der Waals surface area contributed by atoms with Gasteiger partial charge in [0.2, 0.25) is 5.91 Å². The van der Waals surface area contributed by atoms with E-state index < -0.39 is 0 Å².